The van der Waals surface area contributed by atoms with Gasteiger partial charge >= 0.3 is 0 Å². The van der Waals surface area contributed by atoms with E-state index < -0.39 is 0 Å². The van der Waals surface area contributed by atoms with Crippen LogP contribution < -0.4 is 5.73 Å². The molecule has 4 rings (SSSR count). The monoisotopic (exact) mass is 363 g/mol. The third-order valence-corrected chi connectivity index (χ3v) is 5.65. The van der Waals surface area contributed by atoms with Gasteiger partial charge < -0.3 is 10.7 Å². The van der Waals surface area contributed by atoms with E-state index in [9.17, 15) is 5.26 Å². The first-order valence-corrected chi connectivity index (χ1v) is 9.76. The highest BCUT2D eigenvalue weighted by molar-refractivity contribution is 5.93. The third kappa shape index (κ3) is 3.45. The van der Waals surface area contributed by atoms with E-state index in [1.54, 1.807) is 0 Å². The molecule has 0 aliphatic heterocycles. The molecule has 1 fully saturated rings. The van der Waals surface area contributed by atoms with Gasteiger partial charge in [0.05, 0.1) is 30.4 Å². The molecule has 1 aliphatic rings. The van der Waals surface area contributed by atoms with Crippen LogP contribution in [0, 0.1) is 17.2 Å². The van der Waals surface area contributed by atoms with Crippen LogP contribution in [0.3, 0.4) is 0 Å². The number of H-pyrrole nitrogens is 1. The minimum atomic E-state index is 0.148. The van der Waals surface area contributed by atoms with E-state index in [4.69, 9.17) is 5.73 Å². The first kappa shape index (κ1) is 17.7. The van der Waals surface area contributed by atoms with Gasteiger partial charge in [-0.2, -0.15) is 15.5 Å². The number of nitrogens with one attached hydrogen (secondary N) is 1. The van der Waals surface area contributed by atoms with E-state index in [0.717, 1.165) is 40.7 Å². The molecule has 0 aromatic carbocycles. The molecule has 0 saturated heterocycles. The normalized spacial score (nSPS) is 16.0. The second-order valence-corrected chi connectivity index (χ2v) is 7.34. The first-order valence-electron chi connectivity index (χ1n) is 9.76. The molecular weight excluding hydrogens is 338 g/mol. The minimum absolute atomic E-state index is 0.148. The highest BCUT2D eigenvalue weighted by atomic mass is 15.3. The van der Waals surface area contributed by atoms with Crippen LogP contribution in [0.2, 0.25) is 0 Å². The van der Waals surface area contributed by atoms with Crippen molar-refractivity contribution >= 4 is 11.0 Å². The van der Waals surface area contributed by atoms with Crippen molar-refractivity contribution in [1.82, 2.24) is 25.0 Å². The SMILES string of the molecule is N#CC[C@@H](C1CCCC1)n1cc(-c2c(CCCN)nnc3[nH]ccc23)cn1. The molecule has 7 heteroatoms. The molecule has 3 aromatic heterocycles. The van der Waals surface area contributed by atoms with Crippen molar-refractivity contribution in [1.29, 1.82) is 5.26 Å². The Morgan fingerprint density at radius 3 is 2.96 bits per heavy atom. The van der Waals surface area contributed by atoms with E-state index in [2.05, 4.69) is 32.5 Å². The fourth-order valence-corrected chi connectivity index (χ4v) is 4.29. The number of fused-ring (bicyclic) bond motifs is 1. The van der Waals surface area contributed by atoms with Crippen molar-refractivity contribution in [2.45, 2.75) is 51.0 Å². The number of aromatic amines is 1. The number of aromatic nitrogens is 5. The second kappa shape index (κ2) is 7.89. The molecule has 0 amide bonds. The highest BCUT2D eigenvalue weighted by Crippen LogP contribution is 2.37. The predicted molar refractivity (Wildman–Crippen MR) is 104 cm³/mol. The minimum Gasteiger partial charge on any atom is -0.345 e. The maximum Gasteiger partial charge on any atom is 0.160 e. The Morgan fingerprint density at radius 2 is 2.19 bits per heavy atom. The number of hydrogen-bond donors (Lipinski definition) is 2. The van der Waals surface area contributed by atoms with Crippen LogP contribution in [-0.4, -0.2) is 31.5 Å². The second-order valence-electron chi connectivity index (χ2n) is 7.34. The van der Waals surface area contributed by atoms with Crippen molar-refractivity contribution in [2.75, 3.05) is 6.54 Å². The quantitative estimate of drug-likeness (QED) is 0.669. The molecule has 1 atom stereocenters. The van der Waals surface area contributed by atoms with Crippen LogP contribution in [-0.2, 0) is 6.42 Å². The van der Waals surface area contributed by atoms with Crippen molar-refractivity contribution in [3.63, 3.8) is 0 Å². The zero-order valence-corrected chi connectivity index (χ0v) is 15.4. The predicted octanol–water partition coefficient (Wildman–Crippen LogP) is 3.36. The molecule has 0 unspecified atom stereocenters. The zero-order valence-electron chi connectivity index (χ0n) is 15.4. The van der Waals surface area contributed by atoms with Crippen LogP contribution in [0.15, 0.2) is 24.7 Å². The number of nitriles is 1. The summed E-state index contributed by atoms with van der Waals surface area (Å²) in [6.07, 6.45) is 12.9. The van der Waals surface area contributed by atoms with Crippen molar-refractivity contribution in [3.05, 3.63) is 30.4 Å². The third-order valence-electron chi connectivity index (χ3n) is 5.65. The summed E-state index contributed by atoms with van der Waals surface area (Å²) in [7, 11) is 0. The van der Waals surface area contributed by atoms with Crippen molar-refractivity contribution in [3.8, 4) is 17.2 Å². The Morgan fingerprint density at radius 1 is 1.33 bits per heavy atom. The lowest BCUT2D eigenvalue weighted by molar-refractivity contribution is 0.315. The van der Waals surface area contributed by atoms with Gasteiger partial charge in [-0.15, -0.1) is 5.10 Å². The molecule has 1 aliphatic carbocycles. The molecule has 0 bridgehead atoms. The Kier molecular flexibility index (Phi) is 5.16. The lowest BCUT2D eigenvalue weighted by Crippen LogP contribution is -2.17. The first-order chi connectivity index (χ1) is 13.3. The summed E-state index contributed by atoms with van der Waals surface area (Å²) in [4.78, 5) is 3.14. The van der Waals surface area contributed by atoms with Gasteiger partial charge in [0.1, 0.15) is 0 Å². The van der Waals surface area contributed by atoms with Crippen LogP contribution >= 0.6 is 0 Å². The van der Waals surface area contributed by atoms with E-state index in [1.165, 1.54) is 25.7 Å². The number of hydrogen-bond acceptors (Lipinski definition) is 5. The average Bonchev–Trinajstić information content (AvgIpc) is 3.45. The Balaban J connectivity index is 1.73. The van der Waals surface area contributed by atoms with Gasteiger partial charge in [-0.1, -0.05) is 12.8 Å². The summed E-state index contributed by atoms with van der Waals surface area (Å²) in [5.41, 5.74) is 9.53. The molecule has 7 nitrogen and oxygen atoms in total. The molecule has 27 heavy (non-hydrogen) atoms. The molecule has 1 saturated carbocycles. The summed E-state index contributed by atoms with van der Waals surface area (Å²) in [5, 5.41) is 23.7. The zero-order chi connectivity index (χ0) is 18.6. The van der Waals surface area contributed by atoms with Gasteiger partial charge in [0.15, 0.2) is 5.65 Å². The Hall–Kier alpha value is -2.72. The van der Waals surface area contributed by atoms with Gasteiger partial charge in [-0.05, 0) is 44.2 Å². The fourth-order valence-electron chi connectivity index (χ4n) is 4.29. The molecule has 140 valence electrons. The maximum absolute atomic E-state index is 9.31. The smallest absolute Gasteiger partial charge is 0.160 e. The van der Waals surface area contributed by atoms with Gasteiger partial charge in [0.25, 0.3) is 0 Å². The molecule has 0 spiro atoms. The van der Waals surface area contributed by atoms with E-state index >= 15 is 0 Å². The van der Waals surface area contributed by atoms with E-state index in [-0.39, 0.29) is 6.04 Å². The van der Waals surface area contributed by atoms with Gasteiger partial charge in [-0.3, -0.25) is 4.68 Å². The van der Waals surface area contributed by atoms with Crippen molar-refractivity contribution in [2.24, 2.45) is 11.7 Å². The summed E-state index contributed by atoms with van der Waals surface area (Å²) in [6, 6.07) is 4.54. The molecule has 3 N–H and O–H groups in total. The molecular formula is C20H25N7. The number of rotatable bonds is 7. The lowest BCUT2D eigenvalue weighted by Gasteiger charge is -2.21. The fraction of sp³-hybridized carbons (Fsp3) is 0.500. The molecule has 0 radical (unpaired) electrons. The topological polar surface area (TPSA) is 109 Å². The van der Waals surface area contributed by atoms with Gasteiger partial charge in [0.2, 0.25) is 0 Å². The highest BCUT2D eigenvalue weighted by Gasteiger charge is 2.27. The van der Waals surface area contributed by atoms with Crippen LogP contribution in [0.25, 0.3) is 22.2 Å². The van der Waals surface area contributed by atoms with Gasteiger partial charge in [0, 0.05) is 28.9 Å². The van der Waals surface area contributed by atoms with E-state index in [1.807, 2.05) is 23.1 Å². The van der Waals surface area contributed by atoms with Crippen LogP contribution in [0.1, 0.15) is 50.3 Å². The summed E-state index contributed by atoms with van der Waals surface area (Å²) in [6.45, 7) is 0.622. The van der Waals surface area contributed by atoms with E-state index in [0.29, 0.717) is 18.9 Å². The van der Waals surface area contributed by atoms with Gasteiger partial charge in [-0.25, -0.2) is 0 Å². The Labute approximate surface area is 158 Å². The maximum atomic E-state index is 9.31. The Bertz CT molecular complexity index is 943. The average molecular weight is 363 g/mol. The summed E-state index contributed by atoms with van der Waals surface area (Å²) in [5.74, 6) is 0.539. The van der Waals surface area contributed by atoms with Crippen LogP contribution in [0.4, 0.5) is 0 Å². The molecule has 3 aromatic rings. The number of nitrogens with zero attached hydrogens (tertiary/aromatic N) is 5. The van der Waals surface area contributed by atoms with Crippen LogP contribution in [0.5, 0.6) is 0 Å². The number of nitrogens with two attached hydrogens (primary N) is 1. The van der Waals surface area contributed by atoms with Crippen molar-refractivity contribution < 1.29 is 0 Å². The standard InChI is InChI=1S/C20H25N7/c21-9-3-6-17-19(16-8-11-23-20(16)26-25-17)15-12-24-27(13-15)18(7-10-22)14-4-1-2-5-14/h8,11-14,18H,1-7,9,21H2,(H,23,26)/t18-/m0/s1. The number of aryl methyl sites for hydroxylation is 1. The molecule has 3 heterocycles. The largest absolute Gasteiger partial charge is 0.345 e. The summed E-state index contributed by atoms with van der Waals surface area (Å²) < 4.78 is 2.00. The summed E-state index contributed by atoms with van der Waals surface area (Å²) >= 11 is 0. The lowest BCUT2D eigenvalue weighted by atomic mass is 9.96.